The van der Waals surface area contributed by atoms with Crippen molar-refractivity contribution in [2.45, 2.75) is 71.4 Å². The average molecular weight is 253 g/mol. The van der Waals surface area contributed by atoms with E-state index in [4.69, 9.17) is 4.74 Å². The van der Waals surface area contributed by atoms with E-state index in [2.05, 4.69) is 26.1 Å². The Morgan fingerprint density at radius 3 is 2.39 bits per heavy atom. The molecule has 2 nitrogen and oxygen atoms in total. The highest BCUT2D eigenvalue weighted by molar-refractivity contribution is 4.89. The first kappa shape index (κ1) is 14.3. The van der Waals surface area contributed by atoms with Crippen LogP contribution in [-0.2, 0) is 4.74 Å². The minimum atomic E-state index is 0.475. The second-order valence-electron chi connectivity index (χ2n) is 6.64. The first-order chi connectivity index (χ1) is 8.70. The topological polar surface area (TPSA) is 21.3 Å². The maximum absolute atomic E-state index is 5.80. The summed E-state index contributed by atoms with van der Waals surface area (Å²) in [6, 6.07) is 0.711. The molecular formula is C16H31NO. The van der Waals surface area contributed by atoms with Crippen molar-refractivity contribution < 1.29 is 4.74 Å². The number of hydrogen-bond acceptors (Lipinski definition) is 2. The average Bonchev–Trinajstić information content (AvgIpc) is 2.78. The van der Waals surface area contributed by atoms with Crippen LogP contribution in [0.2, 0.25) is 0 Å². The Bertz CT molecular complexity index is 235. The van der Waals surface area contributed by atoms with E-state index >= 15 is 0 Å². The maximum atomic E-state index is 5.80. The van der Waals surface area contributed by atoms with Gasteiger partial charge in [0, 0.05) is 12.0 Å². The summed E-state index contributed by atoms with van der Waals surface area (Å²) >= 11 is 0. The Morgan fingerprint density at radius 2 is 1.83 bits per heavy atom. The first-order valence-electron chi connectivity index (χ1n) is 8.05. The minimum absolute atomic E-state index is 0.475. The third kappa shape index (κ3) is 3.71. The van der Waals surface area contributed by atoms with Gasteiger partial charge in [0.1, 0.15) is 0 Å². The molecule has 2 heteroatoms. The standard InChI is InChI=1S/C16H31NO/c1-4-9-17-16(15-10-13(3)18-11-15)14-7-5-12(2)6-8-14/h12-17H,4-11H2,1-3H3. The Hall–Kier alpha value is -0.0800. The molecule has 0 aromatic carbocycles. The molecule has 1 aliphatic heterocycles. The third-order valence-electron chi connectivity index (χ3n) is 4.94. The van der Waals surface area contributed by atoms with Crippen LogP contribution in [0, 0.1) is 17.8 Å². The van der Waals surface area contributed by atoms with Gasteiger partial charge in [-0.15, -0.1) is 0 Å². The summed E-state index contributed by atoms with van der Waals surface area (Å²) in [6.45, 7) is 9.04. The fourth-order valence-electron chi connectivity index (χ4n) is 3.77. The lowest BCUT2D eigenvalue weighted by atomic mass is 9.75. The lowest BCUT2D eigenvalue weighted by Crippen LogP contribution is -2.44. The van der Waals surface area contributed by atoms with Crippen LogP contribution < -0.4 is 5.32 Å². The van der Waals surface area contributed by atoms with Crippen molar-refractivity contribution in [2.75, 3.05) is 13.2 Å². The van der Waals surface area contributed by atoms with Gasteiger partial charge in [-0.3, -0.25) is 0 Å². The molecule has 1 N–H and O–H groups in total. The predicted octanol–water partition coefficient (Wildman–Crippen LogP) is 3.61. The van der Waals surface area contributed by atoms with Crippen LogP contribution in [-0.4, -0.2) is 25.3 Å². The van der Waals surface area contributed by atoms with E-state index in [1.807, 2.05) is 0 Å². The van der Waals surface area contributed by atoms with Crippen molar-refractivity contribution in [3.05, 3.63) is 0 Å². The van der Waals surface area contributed by atoms with Crippen LogP contribution in [0.1, 0.15) is 59.3 Å². The van der Waals surface area contributed by atoms with Crippen molar-refractivity contribution in [1.82, 2.24) is 5.32 Å². The summed E-state index contributed by atoms with van der Waals surface area (Å²) in [6.07, 6.45) is 8.68. The molecule has 1 saturated heterocycles. The molecule has 1 saturated carbocycles. The molecule has 0 amide bonds. The Morgan fingerprint density at radius 1 is 1.11 bits per heavy atom. The van der Waals surface area contributed by atoms with Gasteiger partial charge in [0.05, 0.1) is 12.7 Å². The van der Waals surface area contributed by atoms with Gasteiger partial charge in [-0.2, -0.15) is 0 Å². The molecule has 0 aromatic rings. The van der Waals surface area contributed by atoms with Gasteiger partial charge < -0.3 is 10.1 Å². The molecule has 3 atom stereocenters. The predicted molar refractivity (Wildman–Crippen MR) is 76.7 cm³/mol. The molecule has 0 radical (unpaired) electrons. The van der Waals surface area contributed by atoms with E-state index in [0.717, 1.165) is 24.4 Å². The summed E-state index contributed by atoms with van der Waals surface area (Å²) in [5.74, 6) is 2.60. The lowest BCUT2D eigenvalue weighted by Gasteiger charge is -2.36. The van der Waals surface area contributed by atoms with Crippen LogP contribution >= 0.6 is 0 Å². The van der Waals surface area contributed by atoms with Crippen molar-refractivity contribution in [1.29, 1.82) is 0 Å². The summed E-state index contributed by atoms with van der Waals surface area (Å²) in [5, 5.41) is 3.84. The largest absolute Gasteiger partial charge is 0.378 e. The number of rotatable bonds is 5. The quantitative estimate of drug-likeness (QED) is 0.808. The van der Waals surface area contributed by atoms with E-state index in [9.17, 15) is 0 Å². The third-order valence-corrected chi connectivity index (χ3v) is 4.94. The highest BCUT2D eigenvalue weighted by Gasteiger charge is 2.35. The summed E-state index contributed by atoms with van der Waals surface area (Å²) in [4.78, 5) is 0. The molecule has 2 rings (SSSR count). The SMILES string of the molecule is CCCNC(C1CCC(C)CC1)C1COC(C)C1. The summed E-state index contributed by atoms with van der Waals surface area (Å²) < 4.78 is 5.80. The van der Waals surface area contributed by atoms with Crippen molar-refractivity contribution in [3.8, 4) is 0 Å². The van der Waals surface area contributed by atoms with Crippen LogP contribution in [0.15, 0.2) is 0 Å². The van der Waals surface area contributed by atoms with Crippen molar-refractivity contribution >= 4 is 0 Å². The molecule has 0 bridgehead atoms. The lowest BCUT2D eigenvalue weighted by molar-refractivity contribution is 0.109. The molecule has 0 spiro atoms. The second kappa shape index (κ2) is 6.91. The van der Waals surface area contributed by atoms with Gasteiger partial charge in [-0.05, 0) is 51.0 Å². The number of nitrogens with one attached hydrogen (secondary N) is 1. The smallest absolute Gasteiger partial charge is 0.0551 e. The van der Waals surface area contributed by atoms with Gasteiger partial charge in [-0.1, -0.05) is 26.7 Å². The van der Waals surface area contributed by atoms with E-state index in [-0.39, 0.29) is 0 Å². The van der Waals surface area contributed by atoms with Crippen LogP contribution in [0.25, 0.3) is 0 Å². The fourth-order valence-corrected chi connectivity index (χ4v) is 3.77. The van der Waals surface area contributed by atoms with Crippen LogP contribution in [0.5, 0.6) is 0 Å². The van der Waals surface area contributed by atoms with E-state index in [1.165, 1.54) is 45.1 Å². The van der Waals surface area contributed by atoms with Gasteiger partial charge >= 0.3 is 0 Å². The van der Waals surface area contributed by atoms with Crippen molar-refractivity contribution in [2.24, 2.45) is 17.8 Å². The Labute approximate surface area is 113 Å². The zero-order chi connectivity index (χ0) is 13.0. The number of ether oxygens (including phenoxy) is 1. The second-order valence-corrected chi connectivity index (χ2v) is 6.64. The van der Waals surface area contributed by atoms with E-state index in [0.29, 0.717) is 12.1 Å². The van der Waals surface area contributed by atoms with Crippen LogP contribution in [0.4, 0.5) is 0 Å². The highest BCUT2D eigenvalue weighted by atomic mass is 16.5. The molecule has 0 aromatic heterocycles. The monoisotopic (exact) mass is 253 g/mol. The molecule has 2 fully saturated rings. The van der Waals surface area contributed by atoms with E-state index in [1.54, 1.807) is 0 Å². The molecule has 1 heterocycles. The first-order valence-corrected chi connectivity index (χ1v) is 8.05. The van der Waals surface area contributed by atoms with Gasteiger partial charge in [0.25, 0.3) is 0 Å². The molecule has 106 valence electrons. The van der Waals surface area contributed by atoms with Gasteiger partial charge in [-0.25, -0.2) is 0 Å². The van der Waals surface area contributed by atoms with Crippen molar-refractivity contribution in [3.63, 3.8) is 0 Å². The summed E-state index contributed by atoms with van der Waals surface area (Å²) in [7, 11) is 0. The fraction of sp³-hybridized carbons (Fsp3) is 1.00. The summed E-state index contributed by atoms with van der Waals surface area (Å²) in [5.41, 5.74) is 0. The molecule has 1 aliphatic carbocycles. The Balaban J connectivity index is 1.91. The molecular weight excluding hydrogens is 222 g/mol. The normalized spacial score (nSPS) is 38.8. The Kier molecular flexibility index (Phi) is 5.50. The zero-order valence-corrected chi connectivity index (χ0v) is 12.5. The zero-order valence-electron chi connectivity index (χ0n) is 12.5. The van der Waals surface area contributed by atoms with Gasteiger partial charge in [0.2, 0.25) is 0 Å². The number of hydrogen-bond donors (Lipinski definition) is 1. The molecule has 3 unspecified atom stereocenters. The molecule has 2 aliphatic rings. The highest BCUT2D eigenvalue weighted by Crippen LogP contribution is 2.35. The van der Waals surface area contributed by atoms with Gasteiger partial charge in [0.15, 0.2) is 0 Å². The van der Waals surface area contributed by atoms with Crippen LogP contribution in [0.3, 0.4) is 0 Å². The minimum Gasteiger partial charge on any atom is -0.378 e. The molecule has 18 heavy (non-hydrogen) atoms. The maximum Gasteiger partial charge on any atom is 0.0551 e. The van der Waals surface area contributed by atoms with E-state index < -0.39 is 0 Å².